The molecule has 1 fully saturated rings. The van der Waals surface area contributed by atoms with Gasteiger partial charge in [0, 0.05) is 18.9 Å². The van der Waals surface area contributed by atoms with Crippen molar-refractivity contribution in [2.75, 3.05) is 6.61 Å². The Labute approximate surface area is 128 Å². The molecule has 3 unspecified atom stereocenters. The lowest BCUT2D eigenvalue weighted by molar-refractivity contribution is -0.186. The summed E-state index contributed by atoms with van der Waals surface area (Å²) in [5.41, 5.74) is 1.72. The topological polar surface area (TPSA) is 76.7 Å². The Morgan fingerprint density at radius 1 is 1.32 bits per heavy atom. The molecule has 0 spiro atoms. The van der Waals surface area contributed by atoms with Gasteiger partial charge >= 0.3 is 0 Å². The van der Waals surface area contributed by atoms with Crippen molar-refractivity contribution in [3.05, 3.63) is 42.1 Å². The largest absolute Gasteiger partial charge is 0.448 e. The highest BCUT2D eigenvalue weighted by atomic mass is 16.7. The molecule has 0 amide bonds. The second-order valence-corrected chi connectivity index (χ2v) is 5.48. The van der Waals surface area contributed by atoms with Crippen molar-refractivity contribution in [2.45, 2.75) is 38.3 Å². The smallest absolute Gasteiger partial charge is 0.219 e. The summed E-state index contributed by atoms with van der Waals surface area (Å²) in [4.78, 5) is 0. The lowest BCUT2D eigenvalue weighted by atomic mass is 10.1. The Bertz CT molecular complexity index is 614. The summed E-state index contributed by atoms with van der Waals surface area (Å²) in [6, 6.07) is 11.5. The van der Waals surface area contributed by atoms with Crippen LogP contribution in [0.2, 0.25) is 0 Å². The second kappa shape index (κ2) is 6.48. The molecule has 2 heterocycles. The van der Waals surface area contributed by atoms with Crippen molar-refractivity contribution in [3.8, 4) is 11.6 Å². The Balaban J connectivity index is 1.81. The number of aryl methyl sites for hydroxylation is 1. The average molecular weight is 304 g/mol. The highest BCUT2D eigenvalue weighted by molar-refractivity contribution is 5.35. The number of para-hydroxylation sites is 1. The molecule has 0 saturated carbocycles. The van der Waals surface area contributed by atoms with Gasteiger partial charge in [-0.1, -0.05) is 18.2 Å². The first-order valence-electron chi connectivity index (χ1n) is 7.39. The van der Waals surface area contributed by atoms with Crippen LogP contribution in [0.15, 0.2) is 36.4 Å². The van der Waals surface area contributed by atoms with Gasteiger partial charge in [-0.25, -0.2) is 4.68 Å². The molecule has 1 aromatic heterocycles. The summed E-state index contributed by atoms with van der Waals surface area (Å²) >= 11 is 0. The molecule has 1 aromatic carbocycles. The van der Waals surface area contributed by atoms with Crippen molar-refractivity contribution < 1.29 is 19.7 Å². The number of rotatable bonds is 4. The predicted molar refractivity (Wildman–Crippen MR) is 79.9 cm³/mol. The molecule has 118 valence electrons. The predicted octanol–water partition coefficient (Wildman–Crippen LogP) is 1.42. The van der Waals surface area contributed by atoms with Crippen LogP contribution < -0.4 is 4.74 Å². The van der Waals surface area contributed by atoms with Crippen LogP contribution in [0.5, 0.6) is 5.88 Å². The van der Waals surface area contributed by atoms with Crippen LogP contribution in [-0.2, 0) is 4.74 Å². The normalized spacial score (nSPS) is 25.1. The first-order chi connectivity index (χ1) is 10.7. The SMILES string of the molecule is Cc1cc(OC2CC(O)CC(CO)O2)n(-c2ccccc2)n1. The second-order valence-electron chi connectivity index (χ2n) is 5.48. The number of ether oxygens (including phenoxy) is 2. The molecule has 2 aromatic rings. The van der Waals surface area contributed by atoms with Gasteiger partial charge in [-0.2, -0.15) is 5.10 Å². The molecule has 0 radical (unpaired) electrons. The van der Waals surface area contributed by atoms with Gasteiger partial charge in [-0.3, -0.25) is 0 Å². The maximum atomic E-state index is 9.86. The fourth-order valence-corrected chi connectivity index (χ4v) is 2.59. The van der Waals surface area contributed by atoms with Crippen LogP contribution in [0, 0.1) is 6.92 Å². The third kappa shape index (κ3) is 3.30. The zero-order valence-electron chi connectivity index (χ0n) is 12.4. The average Bonchev–Trinajstić information content (AvgIpc) is 2.88. The minimum absolute atomic E-state index is 0.131. The molecule has 6 nitrogen and oxygen atoms in total. The number of aromatic nitrogens is 2. The van der Waals surface area contributed by atoms with E-state index in [9.17, 15) is 10.2 Å². The van der Waals surface area contributed by atoms with E-state index in [1.165, 1.54) is 0 Å². The minimum atomic E-state index is -0.598. The zero-order valence-corrected chi connectivity index (χ0v) is 12.4. The van der Waals surface area contributed by atoms with Crippen molar-refractivity contribution in [1.29, 1.82) is 0 Å². The fourth-order valence-electron chi connectivity index (χ4n) is 2.59. The number of aliphatic hydroxyl groups is 2. The van der Waals surface area contributed by atoms with E-state index in [4.69, 9.17) is 9.47 Å². The van der Waals surface area contributed by atoms with E-state index in [1.54, 1.807) is 4.68 Å². The minimum Gasteiger partial charge on any atom is -0.448 e. The number of benzene rings is 1. The molecule has 3 atom stereocenters. The van der Waals surface area contributed by atoms with Gasteiger partial charge in [0.25, 0.3) is 0 Å². The van der Waals surface area contributed by atoms with Gasteiger partial charge in [0.1, 0.15) is 0 Å². The molecule has 1 saturated heterocycles. The summed E-state index contributed by atoms with van der Waals surface area (Å²) in [7, 11) is 0. The lowest BCUT2D eigenvalue weighted by Crippen LogP contribution is -2.40. The molecule has 2 N–H and O–H groups in total. The van der Waals surface area contributed by atoms with E-state index in [0.29, 0.717) is 18.7 Å². The van der Waals surface area contributed by atoms with Gasteiger partial charge in [-0.15, -0.1) is 0 Å². The van der Waals surface area contributed by atoms with E-state index in [1.807, 2.05) is 43.3 Å². The molecule has 1 aliphatic rings. The summed E-state index contributed by atoms with van der Waals surface area (Å²) in [6.45, 7) is 1.76. The van der Waals surface area contributed by atoms with Gasteiger partial charge < -0.3 is 19.7 Å². The Hall–Kier alpha value is -1.89. The van der Waals surface area contributed by atoms with Crippen LogP contribution in [0.3, 0.4) is 0 Å². The summed E-state index contributed by atoms with van der Waals surface area (Å²) in [5.74, 6) is 0.555. The van der Waals surface area contributed by atoms with Crippen molar-refractivity contribution >= 4 is 0 Å². The van der Waals surface area contributed by atoms with Crippen LogP contribution >= 0.6 is 0 Å². The highest BCUT2D eigenvalue weighted by Crippen LogP contribution is 2.25. The summed E-state index contributed by atoms with van der Waals surface area (Å²) < 4.78 is 13.2. The molecule has 0 bridgehead atoms. The van der Waals surface area contributed by atoms with Crippen LogP contribution in [0.4, 0.5) is 0 Å². The number of hydrogen-bond acceptors (Lipinski definition) is 5. The first kappa shape index (κ1) is 15.0. The number of aliphatic hydroxyl groups excluding tert-OH is 2. The van der Waals surface area contributed by atoms with Crippen LogP contribution in [0.1, 0.15) is 18.5 Å². The lowest BCUT2D eigenvalue weighted by Gasteiger charge is -2.32. The molecule has 22 heavy (non-hydrogen) atoms. The molecule has 6 heteroatoms. The molecule has 0 aliphatic carbocycles. The third-order valence-electron chi connectivity index (χ3n) is 3.60. The molecule has 1 aliphatic heterocycles. The number of hydrogen-bond donors (Lipinski definition) is 2. The van der Waals surface area contributed by atoms with Crippen molar-refractivity contribution in [2.24, 2.45) is 0 Å². The first-order valence-corrected chi connectivity index (χ1v) is 7.39. The summed E-state index contributed by atoms with van der Waals surface area (Å²) in [6.07, 6.45) is -0.740. The standard InChI is InChI=1S/C16H20N2O4/c1-11-7-15(18(17-11)12-5-3-2-4-6-12)22-16-9-13(20)8-14(10-19)21-16/h2-7,13-14,16,19-20H,8-10H2,1H3. The summed E-state index contributed by atoms with van der Waals surface area (Å²) in [5, 5.41) is 23.5. The van der Waals surface area contributed by atoms with E-state index in [0.717, 1.165) is 11.4 Å². The van der Waals surface area contributed by atoms with Gasteiger partial charge in [-0.05, 0) is 19.1 Å². The molecular weight excluding hydrogens is 284 g/mol. The number of nitrogens with zero attached hydrogens (tertiary/aromatic N) is 2. The quantitative estimate of drug-likeness (QED) is 0.893. The Morgan fingerprint density at radius 2 is 2.09 bits per heavy atom. The Kier molecular flexibility index (Phi) is 4.42. The molecule has 3 rings (SSSR count). The third-order valence-corrected chi connectivity index (χ3v) is 3.60. The van der Waals surface area contributed by atoms with Crippen LogP contribution in [0.25, 0.3) is 5.69 Å². The maximum absolute atomic E-state index is 9.86. The zero-order chi connectivity index (χ0) is 15.5. The van der Waals surface area contributed by atoms with E-state index in [2.05, 4.69) is 5.10 Å². The monoisotopic (exact) mass is 304 g/mol. The van der Waals surface area contributed by atoms with E-state index in [-0.39, 0.29) is 6.61 Å². The van der Waals surface area contributed by atoms with Crippen molar-refractivity contribution in [3.63, 3.8) is 0 Å². The van der Waals surface area contributed by atoms with E-state index >= 15 is 0 Å². The Morgan fingerprint density at radius 3 is 2.82 bits per heavy atom. The van der Waals surface area contributed by atoms with Gasteiger partial charge in [0.15, 0.2) is 0 Å². The van der Waals surface area contributed by atoms with E-state index < -0.39 is 18.5 Å². The van der Waals surface area contributed by atoms with Crippen LogP contribution in [-0.4, -0.2) is 45.1 Å². The van der Waals surface area contributed by atoms with Crippen molar-refractivity contribution in [1.82, 2.24) is 9.78 Å². The fraction of sp³-hybridized carbons (Fsp3) is 0.438. The van der Waals surface area contributed by atoms with Gasteiger partial charge in [0.2, 0.25) is 12.2 Å². The van der Waals surface area contributed by atoms with Gasteiger partial charge in [0.05, 0.1) is 30.2 Å². The molecular formula is C16H20N2O4. The maximum Gasteiger partial charge on any atom is 0.219 e. The highest BCUT2D eigenvalue weighted by Gasteiger charge is 2.30.